The predicted octanol–water partition coefficient (Wildman–Crippen LogP) is 4.99. The molecule has 4 rings (SSSR count). The van der Waals surface area contributed by atoms with Crippen molar-refractivity contribution in [2.45, 2.75) is 103 Å². The lowest BCUT2D eigenvalue weighted by Crippen LogP contribution is -2.46. The van der Waals surface area contributed by atoms with Crippen LogP contribution in [0.4, 0.5) is 0 Å². The van der Waals surface area contributed by atoms with Gasteiger partial charge in [0.15, 0.2) is 11.5 Å². The Morgan fingerprint density at radius 1 is 1.21 bits per heavy atom. The van der Waals surface area contributed by atoms with Crippen LogP contribution in [0.2, 0.25) is 0 Å². The van der Waals surface area contributed by atoms with Crippen LogP contribution in [0.15, 0.2) is 35.3 Å². The standard InChI is InChI=1S/C30H41NO7/c1-7-9-20-27(34)17(2)10-8-13-30(6)25(38-30)15-23(19-11-12-22-21(14-19)31-18(3)36-22)37-26(33)16-24(32)29(4,5)28(20)35/h7,11-12,14,17,20,23-25,27,32,34H,1,8-10,13,15-16H2,2-6H3/t17-,20+,23+,24-,25-,27+,30+/m0/s1. The molecule has 8 heteroatoms. The van der Waals surface area contributed by atoms with Crippen molar-refractivity contribution in [2.75, 3.05) is 0 Å². The summed E-state index contributed by atoms with van der Waals surface area (Å²) in [5.74, 6) is -1.19. The second kappa shape index (κ2) is 10.9. The highest BCUT2D eigenvalue weighted by Crippen LogP contribution is 2.47. The summed E-state index contributed by atoms with van der Waals surface area (Å²) in [6.45, 7) is 12.8. The minimum absolute atomic E-state index is 0.0976. The van der Waals surface area contributed by atoms with Gasteiger partial charge in [0.05, 0.1) is 35.7 Å². The minimum atomic E-state index is -1.28. The second-order valence-corrected chi connectivity index (χ2v) is 11.9. The van der Waals surface area contributed by atoms with Crippen LogP contribution in [0, 0.1) is 24.2 Å². The number of aliphatic hydroxyl groups is 2. The van der Waals surface area contributed by atoms with Crippen molar-refractivity contribution >= 4 is 22.9 Å². The maximum absolute atomic E-state index is 13.6. The van der Waals surface area contributed by atoms with Crippen molar-refractivity contribution in [1.29, 1.82) is 0 Å². The zero-order chi connectivity index (χ0) is 27.8. The minimum Gasteiger partial charge on any atom is -0.457 e. The molecule has 1 aromatic carbocycles. The van der Waals surface area contributed by atoms with E-state index in [-0.39, 0.29) is 29.8 Å². The largest absolute Gasteiger partial charge is 0.457 e. The molecule has 2 N–H and O–H groups in total. The maximum Gasteiger partial charge on any atom is 0.309 e. The number of ketones is 1. The SMILES string of the molecule is C=CC[C@H]1C(=O)C(C)(C)[C@@H](O)CC(=O)O[C@@H](c2ccc3oc(C)nc3c2)C[C@@H]2O[C@]2(C)CCC[C@H](C)[C@H]1O. The Hall–Kier alpha value is -2.55. The van der Waals surface area contributed by atoms with E-state index in [0.29, 0.717) is 29.8 Å². The van der Waals surface area contributed by atoms with Crippen LogP contribution in [-0.2, 0) is 19.1 Å². The molecular weight excluding hydrogens is 486 g/mol. The van der Waals surface area contributed by atoms with Gasteiger partial charge in [-0.05, 0) is 49.8 Å². The van der Waals surface area contributed by atoms with E-state index >= 15 is 0 Å². The van der Waals surface area contributed by atoms with Crippen LogP contribution in [0.1, 0.15) is 83.8 Å². The lowest BCUT2D eigenvalue weighted by molar-refractivity contribution is -0.156. The lowest BCUT2D eigenvalue weighted by atomic mass is 9.71. The van der Waals surface area contributed by atoms with Gasteiger partial charge in [-0.1, -0.05) is 39.3 Å². The summed E-state index contributed by atoms with van der Waals surface area (Å²) in [5.41, 5.74) is 0.481. The summed E-state index contributed by atoms with van der Waals surface area (Å²) in [4.78, 5) is 31.1. The molecule has 0 amide bonds. The highest BCUT2D eigenvalue weighted by molar-refractivity contribution is 5.88. The Morgan fingerprint density at radius 3 is 2.66 bits per heavy atom. The quantitative estimate of drug-likeness (QED) is 0.325. The first-order chi connectivity index (χ1) is 17.9. The number of hydrogen-bond acceptors (Lipinski definition) is 8. The van der Waals surface area contributed by atoms with Gasteiger partial charge in [-0.3, -0.25) is 9.59 Å². The van der Waals surface area contributed by atoms with Gasteiger partial charge in [0, 0.05) is 19.3 Å². The third kappa shape index (κ3) is 5.87. The summed E-state index contributed by atoms with van der Waals surface area (Å²) in [6, 6.07) is 5.53. The number of aromatic nitrogens is 1. The number of Topliss-reactive ketones (excluding diaryl/α,β-unsaturated/α-hetero) is 1. The molecule has 7 atom stereocenters. The van der Waals surface area contributed by atoms with E-state index in [1.54, 1.807) is 26.8 Å². The number of carbonyl (C=O) groups excluding carboxylic acids is 2. The number of epoxide rings is 1. The Bertz CT molecular complexity index is 1190. The topological polar surface area (TPSA) is 122 Å². The number of nitrogens with zero attached hydrogens (tertiary/aromatic N) is 1. The predicted molar refractivity (Wildman–Crippen MR) is 142 cm³/mol. The Balaban J connectivity index is 1.63. The van der Waals surface area contributed by atoms with Gasteiger partial charge in [-0.25, -0.2) is 4.98 Å². The fourth-order valence-electron chi connectivity index (χ4n) is 5.70. The summed E-state index contributed by atoms with van der Waals surface area (Å²) < 4.78 is 17.6. The number of ether oxygens (including phenoxy) is 2. The number of oxazole rings is 1. The van der Waals surface area contributed by atoms with Crippen LogP contribution < -0.4 is 0 Å². The summed E-state index contributed by atoms with van der Waals surface area (Å²) in [7, 11) is 0. The molecule has 38 heavy (non-hydrogen) atoms. The van der Waals surface area contributed by atoms with Gasteiger partial charge < -0.3 is 24.1 Å². The van der Waals surface area contributed by atoms with Crippen molar-refractivity contribution in [3.8, 4) is 0 Å². The third-order valence-electron chi connectivity index (χ3n) is 8.54. The molecular formula is C30H41NO7. The number of cyclic esters (lactones) is 1. The first-order valence-corrected chi connectivity index (χ1v) is 13.6. The summed E-state index contributed by atoms with van der Waals surface area (Å²) in [6.07, 6.45) is 1.50. The number of aryl methyl sites for hydroxylation is 1. The molecule has 208 valence electrons. The fourth-order valence-corrected chi connectivity index (χ4v) is 5.70. The van der Waals surface area contributed by atoms with E-state index in [1.807, 2.05) is 25.1 Å². The Kier molecular flexibility index (Phi) is 8.17. The molecule has 2 fully saturated rings. The number of allylic oxidation sites excluding steroid dienone is 1. The van der Waals surface area contributed by atoms with E-state index in [9.17, 15) is 19.8 Å². The number of carbonyl (C=O) groups is 2. The number of esters is 1. The van der Waals surface area contributed by atoms with Crippen molar-refractivity contribution in [1.82, 2.24) is 4.98 Å². The van der Waals surface area contributed by atoms with Crippen LogP contribution in [0.5, 0.6) is 0 Å². The van der Waals surface area contributed by atoms with E-state index < -0.39 is 35.6 Å². The average Bonchev–Trinajstić information content (AvgIpc) is 3.32. The molecule has 0 radical (unpaired) electrons. The molecule has 0 saturated carbocycles. The van der Waals surface area contributed by atoms with Crippen molar-refractivity contribution in [3.63, 3.8) is 0 Å². The van der Waals surface area contributed by atoms with E-state index in [0.717, 1.165) is 24.8 Å². The molecule has 1 aromatic heterocycles. The molecule has 2 aliphatic rings. The number of fused-ring (bicyclic) bond motifs is 2. The lowest BCUT2D eigenvalue weighted by Gasteiger charge is -2.35. The smallest absolute Gasteiger partial charge is 0.309 e. The van der Waals surface area contributed by atoms with Gasteiger partial charge in [-0.15, -0.1) is 6.58 Å². The monoisotopic (exact) mass is 527 g/mol. The molecule has 0 spiro atoms. The van der Waals surface area contributed by atoms with Crippen LogP contribution in [-0.4, -0.2) is 50.9 Å². The van der Waals surface area contributed by atoms with E-state index in [2.05, 4.69) is 18.5 Å². The average molecular weight is 528 g/mol. The zero-order valence-electron chi connectivity index (χ0n) is 23.1. The molecule has 2 saturated heterocycles. The fraction of sp³-hybridized carbons (Fsp3) is 0.633. The first kappa shape index (κ1) is 28.5. The van der Waals surface area contributed by atoms with Crippen molar-refractivity contribution in [2.24, 2.45) is 17.3 Å². The first-order valence-electron chi connectivity index (χ1n) is 13.6. The molecule has 0 unspecified atom stereocenters. The van der Waals surface area contributed by atoms with Gasteiger partial charge in [0.1, 0.15) is 17.4 Å². The third-order valence-corrected chi connectivity index (χ3v) is 8.54. The van der Waals surface area contributed by atoms with E-state index in [1.165, 1.54) is 0 Å². The van der Waals surface area contributed by atoms with Gasteiger partial charge in [0.2, 0.25) is 0 Å². The van der Waals surface area contributed by atoms with Crippen LogP contribution in [0.25, 0.3) is 11.1 Å². The Labute approximate surface area is 224 Å². The maximum atomic E-state index is 13.6. The molecule has 2 aliphatic heterocycles. The number of benzene rings is 1. The van der Waals surface area contributed by atoms with E-state index in [4.69, 9.17) is 13.9 Å². The van der Waals surface area contributed by atoms with Gasteiger partial charge in [0.25, 0.3) is 0 Å². The number of aliphatic hydroxyl groups excluding tert-OH is 2. The highest BCUT2D eigenvalue weighted by atomic mass is 16.6. The molecule has 0 aliphatic carbocycles. The molecule has 3 heterocycles. The van der Waals surface area contributed by atoms with Gasteiger partial charge in [-0.2, -0.15) is 0 Å². The van der Waals surface area contributed by atoms with Crippen molar-refractivity contribution in [3.05, 3.63) is 42.3 Å². The number of hydrogen-bond donors (Lipinski definition) is 2. The summed E-state index contributed by atoms with van der Waals surface area (Å²) in [5, 5.41) is 22.2. The van der Waals surface area contributed by atoms with Gasteiger partial charge >= 0.3 is 5.97 Å². The van der Waals surface area contributed by atoms with Crippen LogP contribution >= 0.6 is 0 Å². The summed E-state index contributed by atoms with van der Waals surface area (Å²) >= 11 is 0. The number of rotatable bonds is 3. The van der Waals surface area contributed by atoms with Crippen molar-refractivity contribution < 1.29 is 33.7 Å². The second-order valence-electron chi connectivity index (χ2n) is 11.9. The molecule has 0 bridgehead atoms. The normalized spacial score (nSPS) is 34.9. The molecule has 8 nitrogen and oxygen atoms in total. The Morgan fingerprint density at radius 2 is 1.95 bits per heavy atom. The van der Waals surface area contributed by atoms with Crippen LogP contribution in [0.3, 0.4) is 0 Å². The molecule has 2 aromatic rings. The highest BCUT2D eigenvalue weighted by Gasteiger charge is 2.53. The zero-order valence-corrected chi connectivity index (χ0v) is 23.1.